The van der Waals surface area contributed by atoms with E-state index in [-0.39, 0.29) is 17.3 Å². The first kappa shape index (κ1) is 20.5. The molecule has 8 nitrogen and oxygen atoms in total. The molecule has 4 rings (SSSR count). The van der Waals surface area contributed by atoms with E-state index in [4.69, 9.17) is 14.2 Å². The fourth-order valence-corrected chi connectivity index (χ4v) is 5.27. The van der Waals surface area contributed by atoms with Crippen LogP contribution in [0.4, 0.5) is 5.69 Å². The molecule has 1 atom stereocenters. The monoisotopic (exact) mass is 432 g/mol. The van der Waals surface area contributed by atoms with E-state index >= 15 is 0 Å². The molecule has 0 spiro atoms. The van der Waals surface area contributed by atoms with Gasteiger partial charge in [-0.2, -0.15) is 4.31 Å². The van der Waals surface area contributed by atoms with Gasteiger partial charge >= 0.3 is 0 Å². The number of piperidine rings is 1. The highest BCUT2D eigenvalue weighted by molar-refractivity contribution is 7.89. The van der Waals surface area contributed by atoms with E-state index in [2.05, 4.69) is 5.32 Å². The third-order valence-corrected chi connectivity index (χ3v) is 7.08. The van der Waals surface area contributed by atoms with Crippen molar-refractivity contribution in [3.05, 3.63) is 42.5 Å². The van der Waals surface area contributed by atoms with Crippen LogP contribution in [0.2, 0.25) is 0 Å². The van der Waals surface area contributed by atoms with Crippen molar-refractivity contribution >= 4 is 21.6 Å². The molecule has 160 valence electrons. The number of anilines is 1. The molecule has 1 saturated heterocycles. The maximum Gasteiger partial charge on any atom is 0.269 e. The Bertz CT molecular complexity index is 1030. The zero-order valence-corrected chi connectivity index (χ0v) is 17.5. The Hall–Kier alpha value is -2.78. The Morgan fingerprint density at radius 2 is 1.83 bits per heavy atom. The molecule has 2 aliphatic rings. The molecule has 2 aliphatic heterocycles. The standard InChI is InChI=1S/C21H24N2O6S/c1-27-18-10-9-15(13-20(18)30(25,26)23-11-5-2-6-12-23)22-21(24)19-14-28-16-7-3-4-8-17(16)29-19/h3-4,7-10,13,19H,2,5-6,11-12,14H2,1H3,(H,22,24)/t19-/m0/s1. The predicted octanol–water partition coefficient (Wildman–Crippen LogP) is 2.65. The largest absolute Gasteiger partial charge is 0.495 e. The van der Waals surface area contributed by atoms with Crippen molar-refractivity contribution in [1.29, 1.82) is 0 Å². The Kier molecular flexibility index (Phi) is 5.83. The number of hydrogen-bond donors (Lipinski definition) is 1. The Morgan fingerprint density at radius 1 is 1.10 bits per heavy atom. The summed E-state index contributed by atoms with van der Waals surface area (Å²) in [6, 6.07) is 11.7. The number of carbonyl (C=O) groups excluding carboxylic acids is 1. The zero-order valence-electron chi connectivity index (χ0n) is 16.7. The van der Waals surface area contributed by atoms with Crippen LogP contribution in [0.1, 0.15) is 19.3 Å². The lowest BCUT2D eigenvalue weighted by Crippen LogP contribution is -2.40. The van der Waals surface area contributed by atoms with Crippen molar-refractivity contribution < 1.29 is 27.4 Å². The van der Waals surface area contributed by atoms with Crippen LogP contribution < -0.4 is 19.5 Å². The van der Waals surface area contributed by atoms with Gasteiger partial charge in [0.1, 0.15) is 17.3 Å². The SMILES string of the molecule is COc1ccc(NC(=O)[C@@H]2COc3ccccc3O2)cc1S(=O)(=O)N1CCCCC1. The highest BCUT2D eigenvalue weighted by Gasteiger charge is 2.31. The number of nitrogens with zero attached hydrogens (tertiary/aromatic N) is 1. The maximum absolute atomic E-state index is 13.1. The fraction of sp³-hybridized carbons (Fsp3) is 0.381. The molecule has 0 saturated carbocycles. The minimum Gasteiger partial charge on any atom is -0.495 e. The molecule has 0 radical (unpaired) electrons. The van der Waals surface area contributed by atoms with Crippen LogP contribution in [0.5, 0.6) is 17.2 Å². The summed E-state index contributed by atoms with van der Waals surface area (Å²) in [5, 5.41) is 2.73. The third-order valence-electron chi connectivity index (χ3n) is 5.17. The lowest BCUT2D eigenvalue weighted by atomic mass is 10.2. The van der Waals surface area contributed by atoms with Crippen LogP contribution in [0.3, 0.4) is 0 Å². The van der Waals surface area contributed by atoms with E-state index in [9.17, 15) is 13.2 Å². The summed E-state index contributed by atoms with van der Waals surface area (Å²) in [6.45, 7) is 1.03. The quantitative estimate of drug-likeness (QED) is 0.781. The van der Waals surface area contributed by atoms with E-state index < -0.39 is 22.0 Å². The van der Waals surface area contributed by atoms with Gasteiger partial charge in [-0.1, -0.05) is 18.6 Å². The molecule has 30 heavy (non-hydrogen) atoms. The van der Waals surface area contributed by atoms with Gasteiger partial charge in [-0.05, 0) is 43.2 Å². The summed E-state index contributed by atoms with van der Waals surface area (Å²) >= 11 is 0. The molecule has 0 aliphatic carbocycles. The first-order chi connectivity index (χ1) is 14.5. The number of amides is 1. The fourth-order valence-electron chi connectivity index (χ4n) is 3.57. The second-order valence-electron chi connectivity index (χ2n) is 7.18. The van der Waals surface area contributed by atoms with Crippen LogP contribution in [-0.4, -0.2) is 51.5 Å². The molecule has 1 fully saturated rings. The third kappa shape index (κ3) is 4.08. The Morgan fingerprint density at radius 3 is 2.57 bits per heavy atom. The summed E-state index contributed by atoms with van der Waals surface area (Å²) in [6.07, 6.45) is 1.84. The van der Waals surface area contributed by atoms with E-state index in [0.717, 1.165) is 19.3 Å². The van der Waals surface area contributed by atoms with Gasteiger partial charge < -0.3 is 19.5 Å². The number of nitrogens with one attached hydrogen (secondary N) is 1. The van der Waals surface area contributed by atoms with Crippen LogP contribution in [0, 0.1) is 0 Å². The van der Waals surface area contributed by atoms with Crippen molar-refractivity contribution in [2.24, 2.45) is 0 Å². The van der Waals surface area contributed by atoms with Crippen LogP contribution >= 0.6 is 0 Å². The molecular formula is C21H24N2O6S. The van der Waals surface area contributed by atoms with Gasteiger partial charge in [0, 0.05) is 18.8 Å². The smallest absolute Gasteiger partial charge is 0.269 e. The van der Waals surface area contributed by atoms with Gasteiger partial charge in [0.15, 0.2) is 11.5 Å². The van der Waals surface area contributed by atoms with E-state index in [0.29, 0.717) is 30.3 Å². The van der Waals surface area contributed by atoms with Gasteiger partial charge in [-0.3, -0.25) is 4.79 Å². The summed E-state index contributed by atoms with van der Waals surface area (Å²) < 4.78 is 44.3. The van der Waals surface area contributed by atoms with Gasteiger partial charge in [0.2, 0.25) is 16.1 Å². The number of para-hydroxylation sites is 2. The summed E-state index contributed by atoms with van der Waals surface area (Å²) in [5.74, 6) is 0.897. The molecule has 1 amide bonds. The lowest BCUT2D eigenvalue weighted by molar-refractivity contribution is -0.125. The number of rotatable bonds is 5. The highest BCUT2D eigenvalue weighted by atomic mass is 32.2. The van der Waals surface area contributed by atoms with E-state index in [1.54, 1.807) is 30.3 Å². The van der Waals surface area contributed by atoms with Crippen molar-refractivity contribution in [3.63, 3.8) is 0 Å². The number of methoxy groups -OCH3 is 1. The number of hydrogen-bond acceptors (Lipinski definition) is 6. The molecule has 0 aromatic heterocycles. The Labute approximate surface area is 175 Å². The summed E-state index contributed by atoms with van der Waals surface area (Å²) in [5.41, 5.74) is 0.346. The average molecular weight is 432 g/mol. The van der Waals surface area contributed by atoms with Crippen LogP contribution in [0.15, 0.2) is 47.4 Å². The topological polar surface area (TPSA) is 94.2 Å². The number of carbonyl (C=O) groups is 1. The van der Waals surface area contributed by atoms with Crippen LogP contribution in [-0.2, 0) is 14.8 Å². The van der Waals surface area contributed by atoms with E-state index in [1.165, 1.54) is 17.5 Å². The molecule has 1 N–H and O–H groups in total. The van der Waals surface area contributed by atoms with Gasteiger partial charge in [-0.15, -0.1) is 0 Å². The van der Waals surface area contributed by atoms with Gasteiger partial charge in [-0.25, -0.2) is 8.42 Å². The Balaban J connectivity index is 1.54. The number of sulfonamides is 1. The minimum atomic E-state index is -3.73. The summed E-state index contributed by atoms with van der Waals surface area (Å²) in [4.78, 5) is 12.7. The number of fused-ring (bicyclic) bond motifs is 1. The second kappa shape index (κ2) is 8.53. The summed E-state index contributed by atoms with van der Waals surface area (Å²) in [7, 11) is -2.30. The first-order valence-electron chi connectivity index (χ1n) is 9.86. The molecule has 0 unspecified atom stereocenters. The van der Waals surface area contributed by atoms with Crippen molar-refractivity contribution in [3.8, 4) is 17.2 Å². The average Bonchev–Trinajstić information content (AvgIpc) is 2.79. The molecule has 2 aromatic carbocycles. The van der Waals surface area contributed by atoms with Gasteiger partial charge in [0.05, 0.1) is 7.11 Å². The molecule has 9 heteroatoms. The van der Waals surface area contributed by atoms with Crippen molar-refractivity contribution in [2.75, 3.05) is 32.1 Å². The minimum absolute atomic E-state index is 0.0378. The lowest BCUT2D eigenvalue weighted by Gasteiger charge is -2.27. The maximum atomic E-state index is 13.1. The molecule has 0 bridgehead atoms. The van der Waals surface area contributed by atoms with Gasteiger partial charge in [0.25, 0.3) is 5.91 Å². The zero-order chi connectivity index (χ0) is 21.1. The number of ether oxygens (including phenoxy) is 3. The van der Waals surface area contributed by atoms with Crippen molar-refractivity contribution in [1.82, 2.24) is 4.31 Å². The van der Waals surface area contributed by atoms with E-state index in [1.807, 2.05) is 6.07 Å². The number of benzene rings is 2. The normalized spacial score (nSPS) is 19.2. The highest BCUT2D eigenvalue weighted by Crippen LogP contribution is 2.33. The first-order valence-corrected chi connectivity index (χ1v) is 11.3. The molecule has 2 aromatic rings. The van der Waals surface area contributed by atoms with Crippen molar-refractivity contribution in [2.45, 2.75) is 30.3 Å². The van der Waals surface area contributed by atoms with Crippen LogP contribution in [0.25, 0.3) is 0 Å². The second-order valence-corrected chi connectivity index (χ2v) is 9.09. The molecular weight excluding hydrogens is 408 g/mol. The molecule has 2 heterocycles. The predicted molar refractivity (Wildman–Crippen MR) is 111 cm³/mol.